The van der Waals surface area contributed by atoms with Crippen LogP contribution >= 0.6 is 0 Å². The van der Waals surface area contributed by atoms with Crippen molar-refractivity contribution in [2.45, 2.75) is 46.0 Å². The lowest BCUT2D eigenvalue weighted by molar-refractivity contribution is -0.141. The van der Waals surface area contributed by atoms with E-state index >= 15 is 0 Å². The molecule has 1 rings (SSSR count). The van der Waals surface area contributed by atoms with E-state index in [4.69, 9.17) is 4.74 Å². The molecule has 17 heavy (non-hydrogen) atoms. The highest BCUT2D eigenvalue weighted by Gasteiger charge is 2.21. The summed E-state index contributed by atoms with van der Waals surface area (Å²) in [6.07, 6.45) is 5.69. The van der Waals surface area contributed by atoms with E-state index in [0.717, 1.165) is 13.0 Å². The molecule has 4 nitrogen and oxygen atoms in total. The number of esters is 1. The number of ether oxygens (including phenoxy) is 1. The molecule has 1 amide bonds. The highest BCUT2D eigenvalue weighted by Crippen LogP contribution is 2.30. The van der Waals surface area contributed by atoms with Crippen molar-refractivity contribution in [1.82, 2.24) is 5.32 Å². The molecular formula is C13H23NO3. The van der Waals surface area contributed by atoms with E-state index in [1.165, 1.54) is 32.6 Å². The zero-order chi connectivity index (χ0) is 12.7. The first kappa shape index (κ1) is 14.0. The van der Waals surface area contributed by atoms with Crippen LogP contribution in [0.5, 0.6) is 0 Å². The monoisotopic (exact) mass is 241 g/mol. The van der Waals surface area contributed by atoms with E-state index in [1.54, 1.807) is 6.92 Å². The van der Waals surface area contributed by atoms with Crippen LogP contribution in [0.15, 0.2) is 0 Å². The van der Waals surface area contributed by atoms with Crippen LogP contribution in [0.2, 0.25) is 0 Å². The van der Waals surface area contributed by atoms with Gasteiger partial charge in [-0.25, -0.2) is 0 Å². The number of carbonyl (C=O) groups is 2. The van der Waals surface area contributed by atoms with Gasteiger partial charge in [-0.05, 0) is 43.9 Å². The summed E-state index contributed by atoms with van der Waals surface area (Å²) in [4.78, 5) is 21.4. The maximum atomic E-state index is 10.8. The summed E-state index contributed by atoms with van der Waals surface area (Å²) in [5.41, 5.74) is 0. The summed E-state index contributed by atoms with van der Waals surface area (Å²) in [6.45, 7) is 4.37. The van der Waals surface area contributed by atoms with Crippen molar-refractivity contribution in [3.8, 4) is 0 Å². The lowest BCUT2D eigenvalue weighted by atomic mass is 9.80. The Morgan fingerprint density at radius 1 is 1.12 bits per heavy atom. The second-order valence-corrected chi connectivity index (χ2v) is 4.95. The van der Waals surface area contributed by atoms with E-state index in [-0.39, 0.29) is 11.9 Å². The minimum absolute atomic E-state index is 0.0574. The Kier molecular flexibility index (Phi) is 6.01. The Bertz CT molecular complexity index is 257. The highest BCUT2D eigenvalue weighted by molar-refractivity contribution is 5.72. The number of carbonyl (C=O) groups excluding carboxylic acids is 2. The minimum Gasteiger partial charge on any atom is -0.466 e. The quantitative estimate of drug-likeness (QED) is 0.748. The third-order valence-corrected chi connectivity index (χ3v) is 3.44. The Morgan fingerprint density at radius 3 is 2.24 bits per heavy atom. The molecule has 1 saturated carbocycles. The predicted molar refractivity (Wildman–Crippen MR) is 65.4 cm³/mol. The molecule has 0 aliphatic heterocycles. The van der Waals surface area contributed by atoms with Crippen molar-refractivity contribution < 1.29 is 14.3 Å². The average Bonchev–Trinajstić information content (AvgIpc) is 2.27. The molecule has 0 spiro atoms. The van der Waals surface area contributed by atoms with Crippen molar-refractivity contribution in [3.05, 3.63) is 0 Å². The fourth-order valence-corrected chi connectivity index (χ4v) is 2.38. The number of hydrogen-bond acceptors (Lipinski definition) is 3. The molecule has 0 atom stereocenters. The molecule has 0 aromatic carbocycles. The van der Waals surface area contributed by atoms with Crippen LogP contribution < -0.4 is 5.32 Å². The Hall–Kier alpha value is -1.06. The molecule has 0 saturated heterocycles. The molecule has 98 valence electrons. The minimum atomic E-state index is -0.190. The molecule has 0 heterocycles. The molecule has 1 aliphatic rings. The second kappa shape index (κ2) is 7.30. The van der Waals surface area contributed by atoms with Crippen LogP contribution in [0.3, 0.4) is 0 Å². The van der Waals surface area contributed by atoms with Crippen molar-refractivity contribution in [2.24, 2.45) is 11.8 Å². The van der Waals surface area contributed by atoms with Gasteiger partial charge in [0, 0.05) is 20.4 Å². The molecule has 4 heteroatoms. The molecule has 0 unspecified atom stereocenters. The van der Waals surface area contributed by atoms with E-state index in [9.17, 15) is 9.59 Å². The first-order valence-electron chi connectivity index (χ1n) is 6.45. The first-order valence-corrected chi connectivity index (χ1v) is 6.45. The summed E-state index contributed by atoms with van der Waals surface area (Å²) in [5.74, 6) is 1.18. The summed E-state index contributed by atoms with van der Waals surface area (Å²) in [6, 6.07) is 0. The van der Waals surface area contributed by atoms with Gasteiger partial charge in [-0.1, -0.05) is 0 Å². The van der Waals surface area contributed by atoms with Crippen LogP contribution in [-0.2, 0) is 14.3 Å². The molecule has 1 N–H and O–H groups in total. The van der Waals surface area contributed by atoms with E-state index < -0.39 is 0 Å². The third kappa shape index (κ3) is 6.29. The van der Waals surface area contributed by atoms with Gasteiger partial charge in [-0.2, -0.15) is 0 Å². The molecule has 1 fully saturated rings. The van der Waals surface area contributed by atoms with Gasteiger partial charge >= 0.3 is 5.97 Å². The summed E-state index contributed by atoms with van der Waals surface area (Å²) in [5, 5.41) is 2.88. The summed E-state index contributed by atoms with van der Waals surface area (Å²) < 4.78 is 4.95. The predicted octanol–water partition coefficient (Wildman–Crippen LogP) is 1.88. The molecule has 1 aliphatic carbocycles. The van der Waals surface area contributed by atoms with Gasteiger partial charge in [-0.3, -0.25) is 9.59 Å². The second-order valence-electron chi connectivity index (χ2n) is 4.95. The van der Waals surface area contributed by atoms with Crippen molar-refractivity contribution in [2.75, 3.05) is 13.2 Å². The number of nitrogens with one attached hydrogen (secondary N) is 1. The zero-order valence-corrected chi connectivity index (χ0v) is 10.8. The van der Waals surface area contributed by atoms with Crippen molar-refractivity contribution >= 4 is 11.9 Å². The Labute approximate surface area is 103 Å². The Balaban J connectivity index is 2.08. The summed E-state index contributed by atoms with van der Waals surface area (Å²) >= 11 is 0. The fourth-order valence-electron chi connectivity index (χ4n) is 2.38. The average molecular weight is 241 g/mol. The standard InChI is InChI=1S/C13H23NO3/c1-10(15)14-9-13-5-3-12(4-6-13)7-8-17-11(2)16/h12-13H,3-9H2,1-2H3,(H,14,15). The zero-order valence-electron chi connectivity index (χ0n) is 10.8. The van der Waals surface area contributed by atoms with Crippen molar-refractivity contribution in [1.29, 1.82) is 0 Å². The topological polar surface area (TPSA) is 55.4 Å². The first-order chi connectivity index (χ1) is 8.08. The van der Waals surface area contributed by atoms with Crippen LogP contribution in [0.1, 0.15) is 46.0 Å². The Morgan fingerprint density at radius 2 is 1.71 bits per heavy atom. The largest absolute Gasteiger partial charge is 0.466 e. The van der Waals surface area contributed by atoms with Gasteiger partial charge in [-0.15, -0.1) is 0 Å². The van der Waals surface area contributed by atoms with Crippen molar-refractivity contribution in [3.63, 3.8) is 0 Å². The van der Waals surface area contributed by atoms with Gasteiger partial charge in [0.05, 0.1) is 6.61 Å². The fraction of sp³-hybridized carbons (Fsp3) is 0.846. The summed E-state index contributed by atoms with van der Waals surface area (Å²) in [7, 11) is 0. The van der Waals surface area contributed by atoms with Gasteiger partial charge in [0.1, 0.15) is 0 Å². The van der Waals surface area contributed by atoms with Gasteiger partial charge in [0.15, 0.2) is 0 Å². The van der Waals surface area contributed by atoms with E-state index in [1.807, 2.05) is 0 Å². The van der Waals surface area contributed by atoms with Crippen LogP contribution in [0.4, 0.5) is 0 Å². The van der Waals surface area contributed by atoms with Crippen LogP contribution in [0, 0.1) is 11.8 Å². The van der Waals surface area contributed by atoms with Gasteiger partial charge in [0.2, 0.25) is 5.91 Å². The number of amides is 1. The third-order valence-electron chi connectivity index (χ3n) is 3.44. The lowest BCUT2D eigenvalue weighted by Crippen LogP contribution is -2.29. The number of hydrogen-bond donors (Lipinski definition) is 1. The van der Waals surface area contributed by atoms with Gasteiger partial charge in [0.25, 0.3) is 0 Å². The molecule has 0 bridgehead atoms. The maximum Gasteiger partial charge on any atom is 0.302 e. The van der Waals surface area contributed by atoms with Gasteiger partial charge < -0.3 is 10.1 Å². The molecular weight excluding hydrogens is 218 g/mol. The van der Waals surface area contributed by atoms with E-state index in [0.29, 0.717) is 18.4 Å². The van der Waals surface area contributed by atoms with Crippen LogP contribution in [0.25, 0.3) is 0 Å². The lowest BCUT2D eigenvalue weighted by Gasteiger charge is -2.28. The molecule has 0 aromatic rings. The SMILES string of the molecule is CC(=O)NCC1CCC(CCOC(C)=O)CC1. The molecule has 0 aromatic heterocycles. The molecule has 0 radical (unpaired) electrons. The van der Waals surface area contributed by atoms with Crippen LogP contribution in [-0.4, -0.2) is 25.0 Å². The number of rotatable bonds is 5. The maximum absolute atomic E-state index is 10.8. The van der Waals surface area contributed by atoms with E-state index in [2.05, 4.69) is 5.32 Å². The normalized spacial score (nSPS) is 24.1. The smallest absolute Gasteiger partial charge is 0.302 e. The highest BCUT2D eigenvalue weighted by atomic mass is 16.5.